The van der Waals surface area contributed by atoms with E-state index in [0.29, 0.717) is 25.7 Å². The first-order valence-corrected chi connectivity index (χ1v) is 11.8. The van der Waals surface area contributed by atoms with Crippen LogP contribution in [0.5, 0.6) is 0 Å². The third kappa shape index (κ3) is 8.48. The maximum Gasteiger partial charge on any atom is 1.00 e. The fourth-order valence-electron chi connectivity index (χ4n) is 4.76. The van der Waals surface area contributed by atoms with Gasteiger partial charge >= 0.3 is 35.5 Å². The number of allylic oxidation sites excluding steroid dienone is 2. The molecular formula is C25H39NaO7. The fraction of sp³-hybridized carbons (Fsp3) is 0.760. The quantitative estimate of drug-likeness (QED) is 0.252. The number of carboxylic acid groups (broad SMARTS) is 1. The first kappa shape index (κ1) is 30.3. The van der Waals surface area contributed by atoms with Crippen LogP contribution in [0.1, 0.15) is 66.2 Å². The Balaban J connectivity index is 0.00000544. The molecule has 2 aliphatic carbocycles. The molecule has 3 N–H and O–H groups in total. The number of carbonyl (C=O) groups excluding carboxylic acids is 2. The van der Waals surface area contributed by atoms with E-state index >= 15 is 0 Å². The maximum atomic E-state index is 12.9. The number of fused-ring (bicyclic) bond motifs is 1. The second kappa shape index (κ2) is 13.4. The molecular weight excluding hydrogens is 435 g/mol. The first-order chi connectivity index (χ1) is 15.0. The van der Waals surface area contributed by atoms with E-state index in [1.165, 1.54) is 0 Å². The molecule has 2 rings (SSSR count). The Bertz CT molecular complexity index is 718. The van der Waals surface area contributed by atoms with Gasteiger partial charge in [0.25, 0.3) is 0 Å². The maximum absolute atomic E-state index is 12.9. The summed E-state index contributed by atoms with van der Waals surface area (Å²) in [4.78, 5) is 23.5. The van der Waals surface area contributed by atoms with Gasteiger partial charge in [0.05, 0.1) is 17.6 Å². The summed E-state index contributed by atoms with van der Waals surface area (Å²) in [6.07, 6.45) is 5.65. The summed E-state index contributed by atoms with van der Waals surface area (Å²) in [5.41, 5.74) is 0.462. The van der Waals surface area contributed by atoms with Crippen LogP contribution in [-0.2, 0) is 14.3 Å². The zero-order chi connectivity index (χ0) is 24.1. The minimum atomic E-state index is -1.34. The second-order valence-corrected chi connectivity index (χ2v) is 10.1. The average molecular weight is 475 g/mol. The Morgan fingerprint density at radius 2 is 1.94 bits per heavy atom. The summed E-state index contributed by atoms with van der Waals surface area (Å²) in [6, 6.07) is 0. The molecule has 33 heavy (non-hydrogen) atoms. The minimum Gasteiger partial charge on any atom is -0.550 e. The van der Waals surface area contributed by atoms with Crippen molar-refractivity contribution in [2.75, 3.05) is 6.61 Å². The van der Waals surface area contributed by atoms with Crippen LogP contribution in [0.4, 0.5) is 0 Å². The first-order valence-electron chi connectivity index (χ1n) is 11.8. The van der Waals surface area contributed by atoms with Gasteiger partial charge in [-0.3, -0.25) is 4.79 Å². The van der Waals surface area contributed by atoms with Crippen molar-refractivity contribution in [3.8, 4) is 0 Å². The molecule has 0 spiro atoms. The molecule has 0 heterocycles. The largest absolute Gasteiger partial charge is 1.00 e. The van der Waals surface area contributed by atoms with Crippen LogP contribution in [0.15, 0.2) is 23.8 Å². The van der Waals surface area contributed by atoms with Crippen LogP contribution in [0.25, 0.3) is 0 Å². The van der Waals surface area contributed by atoms with Gasteiger partial charge in [-0.2, -0.15) is 0 Å². The van der Waals surface area contributed by atoms with Crippen LogP contribution in [0.2, 0.25) is 0 Å². The van der Waals surface area contributed by atoms with Gasteiger partial charge in [-0.1, -0.05) is 32.1 Å². The van der Waals surface area contributed by atoms with Gasteiger partial charge in [-0.05, 0) is 63.4 Å². The van der Waals surface area contributed by atoms with Gasteiger partial charge in [0.1, 0.15) is 6.10 Å². The fourth-order valence-corrected chi connectivity index (χ4v) is 4.76. The molecule has 0 radical (unpaired) electrons. The summed E-state index contributed by atoms with van der Waals surface area (Å²) in [6.45, 7) is 7.78. The van der Waals surface area contributed by atoms with E-state index in [1.807, 2.05) is 20.8 Å². The standard InChI is InChI=1S/C25H40O7.Na/c1-5-25(3,4)24(31)32-21-11-16(14-26)10-17-7-6-15(2)20(23(17)21)9-8-18(27)12-19(28)13-22(29)30;/h6-7,10,15-16,18-21,23,26-28H,5,8-9,11-14H2,1-4H3,(H,29,30);/q;+1/p-1/t15-,16?,18+,19+,20-,21-,23-;/m1./s1. The van der Waals surface area contributed by atoms with Gasteiger partial charge in [-0.25, -0.2) is 0 Å². The molecule has 0 saturated carbocycles. The van der Waals surface area contributed by atoms with Crippen molar-refractivity contribution >= 4 is 11.9 Å². The van der Waals surface area contributed by atoms with E-state index < -0.39 is 30.0 Å². The molecule has 0 saturated heterocycles. The molecule has 2 aliphatic rings. The zero-order valence-corrected chi connectivity index (χ0v) is 22.7. The van der Waals surface area contributed by atoms with Gasteiger partial charge in [0.2, 0.25) is 0 Å². The van der Waals surface area contributed by atoms with Crippen LogP contribution in [0.3, 0.4) is 0 Å². The smallest absolute Gasteiger partial charge is 0.550 e. The Kier molecular flexibility index (Phi) is 12.3. The topological polar surface area (TPSA) is 127 Å². The van der Waals surface area contributed by atoms with Crippen LogP contribution >= 0.6 is 0 Å². The van der Waals surface area contributed by atoms with Crippen molar-refractivity contribution in [2.24, 2.45) is 29.1 Å². The number of ether oxygens (including phenoxy) is 1. The van der Waals surface area contributed by atoms with E-state index in [4.69, 9.17) is 4.74 Å². The van der Waals surface area contributed by atoms with Crippen molar-refractivity contribution in [3.05, 3.63) is 23.8 Å². The van der Waals surface area contributed by atoms with Crippen molar-refractivity contribution in [1.82, 2.24) is 0 Å². The normalized spacial score (nSPS) is 28.7. The van der Waals surface area contributed by atoms with Gasteiger partial charge in [0, 0.05) is 30.8 Å². The molecule has 7 atom stereocenters. The Morgan fingerprint density at radius 1 is 1.27 bits per heavy atom. The number of rotatable bonds is 11. The molecule has 7 nitrogen and oxygen atoms in total. The molecule has 1 unspecified atom stereocenters. The van der Waals surface area contributed by atoms with Gasteiger partial charge in [0.15, 0.2) is 0 Å². The number of aliphatic hydroxyl groups is 3. The number of esters is 1. The molecule has 0 amide bonds. The van der Waals surface area contributed by atoms with Gasteiger partial charge in [-0.15, -0.1) is 0 Å². The molecule has 0 fully saturated rings. The van der Waals surface area contributed by atoms with E-state index in [0.717, 1.165) is 5.57 Å². The molecule has 0 aromatic rings. The van der Waals surface area contributed by atoms with E-state index in [9.17, 15) is 30.0 Å². The third-order valence-corrected chi connectivity index (χ3v) is 7.19. The number of aliphatic hydroxyl groups excluding tert-OH is 3. The number of hydrogen-bond acceptors (Lipinski definition) is 7. The zero-order valence-electron chi connectivity index (χ0n) is 20.7. The Hall–Kier alpha value is -0.700. The van der Waals surface area contributed by atoms with Crippen molar-refractivity contribution in [2.45, 2.75) is 84.5 Å². The number of aliphatic carboxylic acids is 1. The summed E-state index contributed by atoms with van der Waals surface area (Å²) in [7, 11) is 0. The monoisotopic (exact) mass is 474 g/mol. The number of carboxylic acids is 1. The third-order valence-electron chi connectivity index (χ3n) is 7.19. The summed E-state index contributed by atoms with van der Waals surface area (Å²) in [5.74, 6) is -1.38. The Labute approximate surface area is 219 Å². The van der Waals surface area contributed by atoms with E-state index in [2.05, 4.69) is 25.2 Å². The average Bonchev–Trinajstić information content (AvgIpc) is 2.72. The molecule has 8 heteroatoms. The van der Waals surface area contributed by atoms with Crippen molar-refractivity contribution in [1.29, 1.82) is 0 Å². The summed E-state index contributed by atoms with van der Waals surface area (Å²) < 4.78 is 6.04. The molecule has 182 valence electrons. The van der Waals surface area contributed by atoms with Crippen LogP contribution in [-0.4, -0.2) is 52.2 Å². The van der Waals surface area contributed by atoms with Gasteiger partial charge < -0.3 is 30.0 Å². The molecule has 0 aliphatic heterocycles. The molecule has 0 bridgehead atoms. The SMILES string of the molecule is CCC(C)(C)C(=O)O[C@@H]1CC(CO)C=C2C=C[C@@H](C)[C@@H](CC[C@H](O)C[C@H](O)CC(=O)[O-])[C@@H]21.[Na+]. The minimum absolute atomic E-state index is 0. The van der Waals surface area contributed by atoms with E-state index in [1.54, 1.807) is 0 Å². The van der Waals surface area contributed by atoms with Crippen molar-refractivity contribution < 1.29 is 64.3 Å². The predicted molar refractivity (Wildman–Crippen MR) is 118 cm³/mol. The predicted octanol–water partition coefficient (Wildman–Crippen LogP) is -1.25. The molecule has 0 aromatic heterocycles. The second-order valence-electron chi connectivity index (χ2n) is 10.1. The number of hydrogen-bond donors (Lipinski definition) is 3. The number of carbonyl (C=O) groups is 2. The van der Waals surface area contributed by atoms with Crippen LogP contribution < -0.4 is 34.7 Å². The Morgan fingerprint density at radius 3 is 2.52 bits per heavy atom. The molecule has 0 aromatic carbocycles. The summed E-state index contributed by atoms with van der Waals surface area (Å²) in [5, 5.41) is 40.5. The van der Waals surface area contributed by atoms with Crippen molar-refractivity contribution in [3.63, 3.8) is 0 Å². The van der Waals surface area contributed by atoms with E-state index in [-0.39, 0.29) is 78.3 Å². The van der Waals surface area contributed by atoms with Crippen LogP contribution in [0, 0.1) is 29.1 Å². The summed E-state index contributed by atoms with van der Waals surface area (Å²) >= 11 is 0.